The zero-order chi connectivity index (χ0) is 10.8. The normalized spacial score (nSPS) is 24.1. The van der Waals surface area contributed by atoms with Gasteiger partial charge in [-0.1, -0.05) is 0 Å². The third-order valence-electron chi connectivity index (χ3n) is 3.37. The molecule has 16 heavy (non-hydrogen) atoms. The molecule has 0 amide bonds. The number of rotatable bonds is 1. The Kier molecular flexibility index (Phi) is 2.70. The lowest BCUT2D eigenvalue weighted by molar-refractivity contribution is -0.676. The molecule has 86 valence electrons. The highest BCUT2D eigenvalue weighted by atomic mass is 16.5. The summed E-state index contributed by atoms with van der Waals surface area (Å²) < 4.78 is 11.3. The molecule has 1 atom stereocenters. The molecule has 0 radical (unpaired) electrons. The fraction of sp³-hybridized carbons (Fsp3) is 0.538. The molecule has 0 saturated carbocycles. The Bertz CT molecular complexity index is 372. The number of quaternary nitrogens is 1. The second kappa shape index (κ2) is 4.34. The predicted octanol–water partition coefficient (Wildman–Crippen LogP) is 1.25. The van der Waals surface area contributed by atoms with E-state index in [1.54, 1.807) is 0 Å². The van der Waals surface area contributed by atoms with Crippen molar-refractivity contribution in [2.45, 2.75) is 25.3 Å². The molecule has 0 aliphatic carbocycles. The maximum Gasteiger partial charge on any atom is 0.161 e. The van der Waals surface area contributed by atoms with Crippen LogP contribution in [0.5, 0.6) is 11.5 Å². The van der Waals surface area contributed by atoms with Crippen molar-refractivity contribution in [2.24, 2.45) is 0 Å². The number of nitrogens with two attached hydrogens (primary N) is 1. The molecule has 2 N–H and O–H groups in total. The number of benzene rings is 1. The van der Waals surface area contributed by atoms with E-state index in [4.69, 9.17) is 9.47 Å². The summed E-state index contributed by atoms with van der Waals surface area (Å²) in [4.78, 5) is 0. The fourth-order valence-electron chi connectivity index (χ4n) is 2.49. The molecule has 0 bridgehead atoms. The number of fused-ring (bicyclic) bond motifs is 1. The van der Waals surface area contributed by atoms with Crippen LogP contribution < -0.4 is 14.8 Å². The molecule has 3 rings (SSSR count). The van der Waals surface area contributed by atoms with Crippen LogP contribution in [0.4, 0.5) is 0 Å². The Morgan fingerprint density at radius 2 is 1.94 bits per heavy atom. The first kappa shape index (κ1) is 9.97. The van der Waals surface area contributed by atoms with Gasteiger partial charge in [0.25, 0.3) is 0 Å². The molecule has 1 aromatic rings. The van der Waals surface area contributed by atoms with Gasteiger partial charge in [-0.2, -0.15) is 0 Å². The van der Waals surface area contributed by atoms with Crippen LogP contribution in [0.1, 0.15) is 30.9 Å². The second-order valence-corrected chi connectivity index (χ2v) is 4.53. The second-order valence-electron chi connectivity index (χ2n) is 4.53. The van der Waals surface area contributed by atoms with E-state index < -0.39 is 0 Å². The lowest BCUT2D eigenvalue weighted by Crippen LogP contribution is -2.81. The first-order valence-electron chi connectivity index (χ1n) is 6.16. The maximum atomic E-state index is 5.71. The van der Waals surface area contributed by atoms with Crippen LogP contribution in [0.15, 0.2) is 18.2 Å². The van der Waals surface area contributed by atoms with E-state index in [0.29, 0.717) is 6.04 Å². The average molecular weight is 220 g/mol. The fourth-order valence-corrected chi connectivity index (χ4v) is 2.49. The zero-order valence-electron chi connectivity index (χ0n) is 9.45. The highest BCUT2D eigenvalue weighted by Crippen LogP contribution is 2.32. The third kappa shape index (κ3) is 1.87. The van der Waals surface area contributed by atoms with Crippen molar-refractivity contribution in [3.63, 3.8) is 0 Å². The summed E-state index contributed by atoms with van der Waals surface area (Å²) >= 11 is 0. The maximum absolute atomic E-state index is 5.71. The summed E-state index contributed by atoms with van der Waals surface area (Å²) in [5.41, 5.74) is 1.38. The van der Waals surface area contributed by atoms with Gasteiger partial charge < -0.3 is 14.8 Å². The Balaban J connectivity index is 1.88. The van der Waals surface area contributed by atoms with Gasteiger partial charge in [-0.25, -0.2) is 0 Å². The van der Waals surface area contributed by atoms with Crippen LogP contribution in [0.25, 0.3) is 0 Å². The molecule has 1 fully saturated rings. The van der Waals surface area contributed by atoms with Crippen molar-refractivity contribution in [3.05, 3.63) is 23.8 Å². The van der Waals surface area contributed by atoms with Crippen LogP contribution in [0.2, 0.25) is 0 Å². The van der Waals surface area contributed by atoms with Gasteiger partial charge in [0.1, 0.15) is 6.04 Å². The minimum absolute atomic E-state index is 0.622. The summed E-state index contributed by atoms with van der Waals surface area (Å²) in [6.07, 6.45) is 3.57. The van der Waals surface area contributed by atoms with E-state index in [1.165, 1.54) is 24.9 Å². The molecule has 3 nitrogen and oxygen atoms in total. The van der Waals surface area contributed by atoms with E-state index in [2.05, 4.69) is 23.5 Å². The summed E-state index contributed by atoms with van der Waals surface area (Å²) in [5.74, 6) is 1.83. The van der Waals surface area contributed by atoms with E-state index in [0.717, 1.165) is 31.1 Å². The minimum atomic E-state index is 0.622. The Labute approximate surface area is 95.8 Å². The van der Waals surface area contributed by atoms with Crippen molar-refractivity contribution in [3.8, 4) is 11.5 Å². The molecular weight excluding hydrogens is 202 g/mol. The van der Waals surface area contributed by atoms with Crippen LogP contribution in [-0.4, -0.2) is 19.8 Å². The van der Waals surface area contributed by atoms with Crippen molar-refractivity contribution in [1.29, 1.82) is 0 Å². The first-order chi connectivity index (χ1) is 7.93. The molecule has 3 heteroatoms. The van der Waals surface area contributed by atoms with Gasteiger partial charge in [-0.15, -0.1) is 0 Å². The number of ether oxygens (including phenoxy) is 2. The van der Waals surface area contributed by atoms with Crippen molar-refractivity contribution >= 4 is 0 Å². The highest BCUT2D eigenvalue weighted by Gasteiger charge is 2.22. The third-order valence-corrected chi connectivity index (χ3v) is 3.37. The first-order valence-corrected chi connectivity index (χ1v) is 6.16. The Morgan fingerprint density at radius 1 is 1.06 bits per heavy atom. The summed E-state index contributed by atoms with van der Waals surface area (Å²) in [6.45, 7) is 2.78. The SMILES string of the molecule is c1cc2c(cc1[C@@H]1CCC[NH2+]1)OCCCO2. The van der Waals surface area contributed by atoms with E-state index in [-0.39, 0.29) is 0 Å². The van der Waals surface area contributed by atoms with Crippen molar-refractivity contribution in [1.82, 2.24) is 0 Å². The van der Waals surface area contributed by atoms with Gasteiger partial charge in [0.05, 0.1) is 19.8 Å². The number of hydrogen-bond acceptors (Lipinski definition) is 2. The van der Waals surface area contributed by atoms with Crippen molar-refractivity contribution in [2.75, 3.05) is 19.8 Å². The lowest BCUT2D eigenvalue weighted by atomic mass is 10.0. The molecule has 1 aromatic carbocycles. The highest BCUT2D eigenvalue weighted by molar-refractivity contribution is 5.44. The molecule has 2 aliphatic rings. The zero-order valence-corrected chi connectivity index (χ0v) is 9.45. The summed E-state index contributed by atoms with van der Waals surface area (Å²) in [5, 5.41) is 2.42. The summed E-state index contributed by atoms with van der Waals surface area (Å²) in [7, 11) is 0. The van der Waals surface area contributed by atoms with Gasteiger partial charge >= 0.3 is 0 Å². The van der Waals surface area contributed by atoms with Gasteiger partial charge in [0.15, 0.2) is 11.5 Å². The molecule has 0 aromatic heterocycles. The van der Waals surface area contributed by atoms with Gasteiger partial charge in [-0.3, -0.25) is 0 Å². The van der Waals surface area contributed by atoms with Crippen LogP contribution in [0.3, 0.4) is 0 Å². The lowest BCUT2D eigenvalue weighted by Gasteiger charge is -2.11. The van der Waals surface area contributed by atoms with Gasteiger partial charge in [-0.05, 0) is 18.2 Å². The Morgan fingerprint density at radius 3 is 2.75 bits per heavy atom. The van der Waals surface area contributed by atoms with Crippen LogP contribution in [0, 0.1) is 0 Å². The monoisotopic (exact) mass is 220 g/mol. The average Bonchev–Trinajstić information content (AvgIpc) is 2.74. The summed E-state index contributed by atoms with van der Waals surface area (Å²) in [6, 6.07) is 7.02. The molecular formula is C13H18NO2+. The quantitative estimate of drug-likeness (QED) is 0.773. The van der Waals surface area contributed by atoms with Gasteiger partial charge in [0, 0.05) is 24.8 Å². The Hall–Kier alpha value is -1.22. The molecule has 0 spiro atoms. The molecule has 1 saturated heterocycles. The van der Waals surface area contributed by atoms with Crippen LogP contribution in [-0.2, 0) is 0 Å². The molecule has 0 unspecified atom stereocenters. The van der Waals surface area contributed by atoms with Crippen molar-refractivity contribution < 1.29 is 14.8 Å². The van der Waals surface area contributed by atoms with Crippen LogP contribution >= 0.6 is 0 Å². The van der Waals surface area contributed by atoms with E-state index in [9.17, 15) is 0 Å². The number of hydrogen-bond donors (Lipinski definition) is 1. The standard InChI is InChI=1S/C13H17NO2/c1-3-11(14-6-1)10-4-5-12-13(9-10)16-8-2-7-15-12/h4-5,9,11,14H,1-3,6-8H2/p+1/t11-/m0/s1. The van der Waals surface area contributed by atoms with E-state index in [1.807, 2.05) is 0 Å². The molecule has 2 aliphatic heterocycles. The van der Waals surface area contributed by atoms with Gasteiger partial charge in [0.2, 0.25) is 0 Å². The topological polar surface area (TPSA) is 35.1 Å². The molecule has 2 heterocycles. The largest absolute Gasteiger partial charge is 0.490 e. The predicted molar refractivity (Wildman–Crippen MR) is 60.8 cm³/mol. The van der Waals surface area contributed by atoms with E-state index >= 15 is 0 Å². The minimum Gasteiger partial charge on any atom is -0.490 e. The smallest absolute Gasteiger partial charge is 0.161 e.